The van der Waals surface area contributed by atoms with Gasteiger partial charge >= 0.3 is 0 Å². The highest BCUT2D eigenvalue weighted by molar-refractivity contribution is 6.34. The van der Waals surface area contributed by atoms with Crippen LogP contribution in [0.4, 0.5) is 19.0 Å². The molecule has 39 heavy (non-hydrogen) atoms. The monoisotopic (exact) mass is 559 g/mol. The van der Waals surface area contributed by atoms with Gasteiger partial charge in [0.25, 0.3) is 0 Å². The lowest BCUT2D eigenvalue weighted by Gasteiger charge is -2.29. The van der Waals surface area contributed by atoms with Crippen molar-refractivity contribution in [2.75, 3.05) is 5.32 Å². The first kappa shape index (κ1) is 29.0. The van der Waals surface area contributed by atoms with E-state index in [1.165, 1.54) is 12.1 Å². The number of carbonyl (C=O) groups is 2. The zero-order valence-corrected chi connectivity index (χ0v) is 23.4. The molecular weight excluding hydrogens is 527 g/mol. The van der Waals surface area contributed by atoms with E-state index in [9.17, 15) is 18.4 Å². The largest absolute Gasteiger partial charge is 0.367 e. The summed E-state index contributed by atoms with van der Waals surface area (Å²) in [7, 11) is 0. The number of hydrogen-bond acceptors (Lipinski definition) is 5. The normalized spacial score (nSPS) is 15.9. The summed E-state index contributed by atoms with van der Waals surface area (Å²) in [5.74, 6) is -2.86. The molecule has 1 N–H and O–H groups in total. The van der Waals surface area contributed by atoms with Gasteiger partial charge < -0.3 is 5.32 Å². The van der Waals surface area contributed by atoms with Crippen molar-refractivity contribution in [3.05, 3.63) is 63.7 Å². The van der Waals surface area contributed by atoms with Crippen molar-refractivity contribution in [3.8, 4) is 0 Å². The number of hydrogen-bond donors (Lipinski definition) is 1. The molecule has 0 atom stereocenters. The zero-order valence-electron chi connectivity index (χ0n) is 22.6. The Kier molecular flexibility index (Phi) is 8.36. The number of rotatable bonds is 8. The molecule has 0 bridgehead atoms. The Bertz CT molecular complexity index is 1410. The van der Waals surface area contributed by atoms with Crippen LogP contribution in [0.2, 0.25) is 5.02 Å². The predicted octanol–water partition coefficient (Wildman–Crippen LogP) is 7.69. The second-order valence-electron chi connectivity index (χ2n) is 11.4. The molecule has 3 aromatic rings. The number of carbonyl (C=O) groups excluding carboxylic acids is 2. The Morgan fingerprint density at radius 1 is 1.08 bits per heavy atom. The summed E-state index contributed by atoms with van der Waals surface area (Å²) in [4.78, 5) is 34.8. The van der Waals surface area contributed by atoms with Crippen LogP contribution in [0.3, 0.4) is 0 Å². The summed E-state index contributed by atoms with van der Waals surface area (Å²) in [6.45, 7) is 7.16. The van der Waals surface area contributed by atoms with Crippen molar-refractivity contribution < 1.29 is 22.8 Å². The Morgan fingerprint density at radius 3 is 2.44 bits per heavy atom. The van der Waals surface area contributed by atoms with Gasteiger partial charge in [0.15, 0.2) is 5.78 Å². The zero-order chi connectivity index (χ0) is 28.5. The van der Waals surface area contributed by atoms with E-state index in [4.69, 9.17) is 11.6 Å². The highest BCUT2D eigenvalue weighted by Crippen LogP contribution is 2.35. The van der Waals surface area contributed by atoms with Crippen molar-refractivity contribution in [2.45, 2.75) is 84.6 Å². The fourth-order valence-electron chi connectivity index (χ4n) is 4.88. The molecule has 208 valence electrons. The summed E-state index contributed by atoms with van der Waals surface area (Å²) in [5, 5.41) is 3.96. The number of Topliss-reactive ketones (excluding diaryl/α,β-unsaturated/α-hetero) is 2. The van der Waals surface area contributed by atoms with Crippen LogP contribution in [0.5, 0.6) is 0 Å². The van der Waals surface area contributed by atoms with Crippen molar-refractivity contribution in [3.63, 3.8) is 0 Å². The molecule has 1 aromatic heterocycles. The molecule has 1 fully saturated rings. The van der Waals surface area contributed by atoms with Gasteiger partial charge in [-0.2, -0.15) is 0 Å². The molecule has 1 heterocycles. The van der Waals surface area contributed by atoms with E-state index >= 15 is 4.39 Å². The topological polar surface area (TPSA) is 72.0 Å². The SMILES string of the molecule is Cc1nc(NC2CCC(F)(F)CC2)c2cccc(CC(=O)c3c(Cl)ccc(CCC(=O)C(C)(C)C)c3F)c2n1. The molecular formula is C30H33ClF3N3O2. The summed E-state index contributed by atoms with van der Waals surface area (Å²) in [6, 6.07) is 8.17. The number of fused-ring (bicyclic) bond motifs is 1. The van der Waals surface area contributed by atoms with Crippen LogP contribution >= 0.6 is 11.6 Å². The standard InChI is InChI=1S/C30H33ClF3N3O2/c1-17-35-27-19(6-5-7-21(27)28(36-17)37-20-12-14-30(33,34)15-13-20)16-23(38)25-22(31)10-8-18(26(25)32)9-11-24(39)29(2,3)4/h5-8,10,20H,9,11-16H2,1-4H3,(H,35,36,37). The highest BCUT2D eigenvalue weighted by atomic mass is 35.5. The number of anilines is 1. The number of nitrogens with one attached hydrogen (secondary N) is 1. The summed E-state index contributed by atoms with van der Waals surface area (Å²) < 4.78 is 42.7. The van der Waals surface area contributed by atoms with Crippen molar-refractivity contribution >= 4 is 39.9 Å². The second-order valence-corrected chi connectivity index (χ2v) is 11.8. The van der Waals surface area contributed by atoms with E-state index in [-0.39, 0.29) is 60.1 Å². The number of halogens is 4. The number of benzene rings is 2. The fraction of sp³-hybridized carbons (Fsp3) is 0.467. The molecule has 1 aliphatic carbocycles. The third-order valence-electron chi connectivity index (χ3n) is 7.24. The van der Waals surface area contributed by atoms with Crippen LogP contribution in [0.25, 0.3) is 10.9 Å². The molecule has 1 aliphatic rings. The maximum atomic E-state index is 15.5. The average molecular weight is 560 g/mol. The Hall–Kier alpha value is -3.00. The quantitative estimate of drug-likeness (QED) is 0.286. The third kappa shape index (κ3) is 6.78. The van der Waals surface area contributed by atoms with Gasteiger partial charge in [-0.15, -0.1) is 0 Å². The van der Waals surface area contributed by atoms with Gasteiger partial charge in [0.05, 0.1) is 16.1 Å². The number of ketones is 2. The van der Waals surface area contributed by atoms with E-state index in [1.54, 1.807) is 19.1 Å². The molecule has 0 aliphatic heterocycles. The number of para-hydroxylation sites is 1. The summed E-state index contributed by atoms with van der Waals surface area (Å²) in [5.41, 5.74) is 0.629. The van der Waals surface area contributed by atoms with E-state index in [0.29, 0.717) is 41.0 Å². The number of alkyl halides is 2. The molecule has 5 nitrogen and oxygen atoms in total. The molecule has 0 unspecified atom stereocenters. The predicted molar refractivity (Wildman–Crippen MR) is 147 cm³/mol. The molecule has 2 aromatic carbocycles. The van der Waals surface area contributed by atoms with Crippen LogP contribution < -0.4 is 5.32 Å². The first-order valence-corrected chi connectivity index (χ1v) is 13.6. The first-order chi connectivity index (χ1) is 18.2. The minimum absolute atomic E-state index is 0.00175. The van der Waals surface area contributed by atoms with Crippen LogP contribution in [0, 0.1) is 18.2 Å². The minimum Gasteiger partial charge on any atom is -0.367 e. The number of aryl methyl sites for hydroxylation is 2. The van der Waals surface area contributed by atoms with Crippen molar-refractivity contribution in [1.29, 1.82) is 0 Å². The van der Waals surface area contributed by atoms with E-state index in [0.717, 1.165) is 0 Å². The van der Waals surface area contributed by atoms with Gasteiger partial charge in [-0.3, -0.25) is 9.59 Å². The molecule has 9 heteroatoms. The smallest absolute Gasteiger partial charge is 0.248 e. The Morgan fingerprint density at radius 2 is 1.77 bits per heavy atom. The van der Waals surface area contributed by atoms with E-state index < -0.39 is 22.9 Å². The van der Waals surface area contributed by atoms with Gasteiger partial charge in [-0.1, -0.05) is 50.6 Å². The van der Waals surface area contributed by atoms with Gasteiger partial charge in [0.2, 0.25) is 5.92 Å². The third-order valence-corrected chi connectivity index (χ3v) is 7.55. The van der Waals surface area contributed by atoms with E-state index in [2.05, 4.69) is 15.3 Å². The first-order valence-electron chi connectivity index (χ1n) is 13.2. The second kappa shape index (κ2) is 11.2. The number of nitrogens with zero attached hydrogens (tertiary/aromatic N) is 2. The molecule has 0 saturated heterocycles. The Balaban J connectivity index is 1.59. The molecule has 1 saturated carbocycles. The number of aromatic nitrogens is 2. The van der Waals surface area contributed by atoms with Gasteiger partial charge in [0.1, 0.15) is 23.2 Å². The summed E-state index contributed by atoms with van der Waals surface area (Å²) in [6.07, 6.45) is 0.469. The van der Waals surface area contributed by atoms with Gasteiger partial charge in [0, 0.05) is 42.5 Å². The lowest BCUT2D eigenvalue weighted by molar-refractivity contribution is -0.126. The van der Waals surface area contributed by atoms with Gasteiger partial charge in [-0.25, -0.2) is 23.1 Å². The van der Waals surface area contributed by atoms with Gasteiger partial charge in [-0.05, 0) is 49.4 Å². The lowest BCUT2D eigenvalue weighted by Crippen LogP contribution is -2.32. The van der Waals surface area contributed by atoms with E-state index in [1.807, 2.05) is 26.8 Å². The van der Waals surface area contributed by atoms with Crippen LogP contribution in [0.15, 0.2) is 30.3 Å². The molecule has 4 rings (SSSR count). The maximum Gasteiger partial charge on any atom is 0.248 e. The average Bonchev–Trinajstić information content (AvgIpc) is 2.84. The van der Waals surface area contributed by atoms with Crippen LogP contribution in [-0.4, -0.2) is 33.5 Å². The van der Waals surface area contributed by atoms with Crippen molar-refractivity contribution in [2.24, 2.45) is 5.41 Å². The summed E-state index contributed by atoms with van der Waals surface area (Å²) >= 11 is 6.28. The van der Waals surface area contributed by atoms with Crippen molar-refractivity contribution in [1.82, 2.24) is 9.97 Å². The maximum absolute atomic E-state index is 15.5. The van der Waals surface area contributed by atoms with Crippen LogP contribution in [-0.2, 0) is 17.6 Å². The minimum atomic E-state index is -2.63. The highest BCUT2D eigenvalue weighted by Gasteiger charge is 2.35. The lowest BCUT2D eigenvalue weighted by atomic mass is 9.87. The van der Waals surface area contributed by atoms with Crippen LogP contribution in [0.1, 0.15) is 80.2 Å². The molecule has 0 amide bonds. The Labute approximate surface area is 231 Å². The molecule has 0 radical (unpaired) electrons. The molecule has 0 spiro atoms. The fourth-order valence-corrected chi connectivity index (χ4v) is 5.13.